The van der Waals surface area contributed by atoms with Crippen molar-refractivity contribution in [3.05, 3.63) is 0 Å². The third-order valence-electron chi connectivity index (χ3n) is 2.80. The number of aliphatic carboxylic acids is 1. The summed E-state index contributed by atoms with van der Waals surface area (Å²) in [6, 6.07) is 0. The molecule has 2 atom stereocenters. The number of carboxylic acids is 1. The minimum atomic E-state index is -3.54. The molecule has 1 amide bonds. The quantitative estimate of drug-likeness (QED) is 0.659. The summed E-state index contributed by atoms with van der Waals surface area (Å²) in [5.41, 5.74) is -1.50. The molecule has 0 aliphatic carbocycles. The highest BCUT2D eigenvalue weighted by molar-refractivity contribution is 7.92. The Labute approximate surface area is 99.1 Å². The van der Waals surface area contributed by atoms with Crippen LogP contribution in [-0.2, 0) is 24.2 Å². The van der Waals surface area contributed by atoms with Crippen LogP contribution in [-0.4, -0.2) is 55.7 Å². The molecule has 98 valence electrons. The number of carbonyl (C=O) groups is 2. The lowest BCUT2D eigenvalue weighted by Crippen LogP contribution is -2.57. The lowest BCUT2D eigenvalue weighted by atomic mass is 9.99. The van der Waals surface area contributed by atoms with Crippen molar-refractivity contribution < 1.29 is 27.9 Å². The van der Waals surface area contributed by atoms with E-state index in [9.17, 15) is 18.0 Å². The average Bonchev–Trinajstić information content (AvgIpc) is 2.64. The minimum Gasteiger partial charge on any atom is -0.479 e. The minimum absolute atomic E-state index is 0.130. The van der Waals surface area contributed by atoms with Crippen LogP contribution in [0.2, 0.25) is 0 Å². The molecule has 1 saturated heterocycles. The molecule has 17 heavy (non-hydrogen) atoms. The number of hydrogen-bond donors (Lipinski definition) is 2. The first kappa shape index (κ1) is 13.9. The fraction of sp³-hybridized carbons (Fsp3) is 0.778. The SMILES string of the molecule is CC(C(=O)NC1(C(=O)O)CCOC1)S(C)(=O)=O. The predicted octanol–water partition coefficient (Wildman–Crippen LogP) is -1.22. The third-order valence-corrected chi connectivity index (χ3v) is 4.30. The highest BCUT2D eigenvalue weighted by Crippen LogP contribution is 2.19. The number of carboxylic acid groups (broad SMARTS) is 1. The number of carbonyl (C=O) groups excluding carboxylic acids is 1. The van der Waals surface area contributed by atoms with E-state index in [-0.39, 0.29) is 19.6 Å². The Bertz CT molecular complexity index is 423. The van der Waals surface area contributed by atoms with E-state index in [1.165, 1.54) is 6.92 Å². The average molecular weight is 265 g/mol. The van der Waals surface area contributed by atoms with Crippen LogP contribution in [0.1, 0.15) is 13.3 Å². The van der Waals surface area contributed by atoms with Gasteiger partial charge in [-0.25, -0.2) is 13.2 Å². The van der Waals surface area contributed by atoms with Gasteiger partial charge in [0.25, 0.3) is 0 Å². The van der Waals surface area contributed by atoms with Crippen LogP contribution in [0.15, 0.2) is 0 Å². The zero-order valence-corrected chi connectivity index (χ0v) is 10.4. The molecule has 1 fully saturated rings. The first-order valence-electron chi connectivity index (χ1n) is 5.01. The van der Waals surface area contributed by atoms with Crippen molar-refractivity contribution in [3.8, 4) is 0 Å². The molecule has 8 heteroatoms. The van der Waals surface area contributed by atoms with Crippen molar-refractivity contribution in [2.75, 3.05) is 19.5 Å². The number of sulfone groups is 1. The lowest BCUT2D eigenvalue weighted by molar-refractivity contribution is -0.147. The summed E-state index contributed by atoms with van der Waals surface area (Å²) in [7, 11) is -3.54. The van der Waals surface area contributed by atoms with E-state index in [2.05, 4.69) is 5.32 Å². The largest absolute Gasteiger partial charge is 0.479 e. The van der Waals surface area contributed by atoms with E-state index < -0.39 is 32.5 Å². The molecule has 0 aromatic rings. The van der Waals surface area contributed by atoms with Gasteiger partial charge in [-0.2, -0.15) is 0 Å². The molecular formula is C9H15NO6S. The van der Waals surface area contributed by atoms with Crippen LogP contribution in [0, 0.1) is 0 Å². The number of amides is 1. The van der Waals surface area contributed by atoms with E-state index >= 15 is 0 Å². The van der Waals surface area contributed by atoms with Gasteiger partial charge >= 0.3 is 5.97 Å². The van der Waals surface area contributed by atoms with Crippen LogP contribution in [0.4, 0.5) is 0 Å². The van der Waals surface area contributed by atoms with Gasteiger partial charge in [0.2, 0.25) is 5.91 Å². The van der Waals surface area contributed by atoms with Gasteiger partial charge in [0.1, 0.15) is 5.25 Å². The number of nitrogens with one attached hydrogen (secondary N) is 1. The molecule has 2 unspecified atom stereocenters. The molecule has 0 spiro atoms. The fourth-order valence-corrected chi connectivity index (χ4v) is 1.87. The van der Waals surface area contributed by atoms with Crippen molar-refractivity contribution in [3.63, 3.8) is 0 Å². The predicted molar refractivity (Wildman–Crippen MR) is 58.3 cm³/mol. The third kappa shape index (κ3) is 2.95. The summed E-state index contributed by atoms with van der Waals surface area (Å²) >= 11 is 0. The summed E-state index contributed by atoms with van der Waals surface area (Å²) in [5.74, 6) is -2.04. The normalized spacial score (nSPS) is 26.5. The van der Waals surface area contributed by atoms with Crippen molar-refractivity contribution in [2.24, 2.45) is 0 Å². The zero-order chi connectivity index (χ0) is 13.3. The lowest BCUT2D eigenvalue weighted by Gasteiger charge is -2.25. The Balaban J connectivity index is 2.83. The van der Waals surface area contributed by atoms with Crippen LogP contribution < -0.4 is 5.32 Å². The van der Waals surface area contributed by atoms with Gasteiger partial charge in [0, 0.05) is 19.3 Å². The molecule has 0 saturated carbocycles. The van der Waals surface area contributed by atoms with Crippen LogP contribution in [0.3, 0.4) is 0 Å². The van der Waals surface area contributed by atoms with Gasteiger partial charge in [-0.3, -0.25) is 4.79 Å². The van der Waals surface area contributed by atoms with Crippen molar-refractivity contribution in [2.45, 2.75) is 24.1 Å². The Hall–Kier alpha value is -1.15. The maximum Gasteiger partial charge on any atom is 0.331 e. The van der Waals surface area contributed by atoms with E-state index in [1.807, 2.05) is 0 Å². The summed E-state index contributed by atoms with van der Waals surface area (Å²) in [6.45, 7) is 1.29. The van der Waals surface area contributed by atoms with Crippen molar-refractivity contribution in [1.82, 2.24) is 5.32 Å². The Morgan fingerprint density at radius 3 is 2.41 bits per heavy atom. The van der Waals surface area contributed by atoms with Gasteiger partial charge < -0.3 is 15.2 Å². The summed E-state index contributed by atoms with van der Waals surface area (Å²) < 4.78 is 27.3. The van der Waals surface area contributed by atoms with Crippen molar-refractivity contribution >= 4 is 21.7 Å². The maximum absolute atomic E-state index is 11.6. The fourth-order valence-electron chi connectivity index (χ4n) is 1.42. The molecule has 1 rings (SSSR count). The highest BCUT2D eigenvalue weighted by atomic mass is 32.2. The number of rotatable bonds is 4. The number of hydrogen-bond acceptors (Lipinski definition) is 5. The molecule has 1 aliphatic heterocycles. The first-order chi connectivity index (χ1) is 7.69. The summed E-state index contributed by atoms with van der Waals surface area (Å²) in [4.78, 5) is 22.7. The smallest absolute Gasteiger partial charge is 0.331 e. The molecule has 7 nitrogen and oxygen atoms in total. The van der Waals surface area contributed by atoms with Crippen LogP contribution in [0.25, 0.3) is 0 Å². The Morgan fingerprint density at radius 1 is 1.47 bits per heavy atom. The number of ether oxygens (including phenoxy) is 1. The van der Waals surface area contributed by atoms with E-state index in [4.69, 9.17) is 9.84 Å². The van der Waals surface area contributed by atoms with Gasteiger partial charge in [-0.15, -0.1) is 0 Å². The highest BCUT2D eigenvalue weighted by Gasteiger charge is 2.45. The molecule has 1 aliphatic rings. The second-order valence-electron chi connectivity index (χ2n) is 4.15. The second-order valence-corrected chi connectivity index (χ2v) is 6.52. The van der Waals surface area contributed by atoms with Gasteiger partial charge in [-0.1, -0.05) is 0 Å². The van der Waals surface area contributed by atoms with Gasteiger partial charge in [-0.05, 0) is 6.92 Å². The van der Waals surface area contributed by atoms with Crippen LogP contribution in [0.5, 0.6) is 0 Å². The molecule has 2 N–H and O–H groups in total. The van der Waals surface area contributed by atoms with Crippen LogP contribution >= 0.6 is 0 Å². The zero-order valence-electron chi connectivity index (χ0n) is 9.60. The standard InChI is InChI=1S/C9H15NO6S/c1-6(17(2,14)15)7(11)10-9(8(12)13)3-4-16-5-9/h6H,3-5H2,1-2H3,(H,10,11)(H,12,13). The molecule has 0 radical (unpaired) electrons. The summed E-state index contributed by atoms with van der Waals surface area (Å²) in [5, 5.41) is 10.0. The molecule has 0 aromatic heterocycles. The molecular weight excluding hydrogens is 250 g/mol. The topological polar surface area (TPSA) is 110 Å². The van der Waals surface area contributed by atoms with Gasteiger partial charge in [0.05, 0.1) is 6.61 Å². The van der Waals surface area contributed by atoms with E-state index in [0.29, 0.717) is 0 Å². The molecule has 1 heterocycles. The van der Waals surface area contributed by atoms with E-state index in [0.717, 1.165) is 6.26 Å². The molecule has 0 bridgehead atoms. The summed E-state index contributed by atoms with van der Waals surface area (Å²) in [6.07, 6.45) is 1.06. The first-order valence-corrected chi connectivity index (χ1v) is 6.96. The Kier molecular flexibility index (Phi) is 3.78. The second kappa shape index (κ2) is 4.61. The van der Waals surface area contributed by atoms with E-state index in [1.54, 1.807) is 0 Å². The Morgan fingerprint density at radius 2 is 2.06 bits per heavy atom. The monoisotopic (exact) mass is 265 g/mol. The van der Waals surface area contributed by atoms with Gasteiger partial charge in [0.15, 0.2) is 15.4 Å². The van der Waals surface area contributed by atoms with Crippen molar-refractivity contribution in [1.29, 1.82) is 0 Å². The molecule has 0 aromatic carbocycles. The maximum atomic E-state index is 11.6.